The SMILES string of the molecule is C=CC[C@]12C(=O)CCCC3[C@@H](O)N(C(=O)OC(C)(C)C)[C@@]4(C=CC1O4)[C@@]32C. The molecule has 1 saturated carbocycles. The van der Waals surface area contributed by atoms with Gasteiger partial charge in [-0.1, -0.05) is 19.1 Å². The Morgan fingerprint density at radius 2 is 2.22 bits per heavy atom. The number of aliphatic hydroxyl groups excluding tert-OH is 1. The summed E-state index contributed by atoms with van der Waals surface area (Å²) < 4.78 is 12.0. The molecule has 1 amide bonds. The van der Waals surface area contributed by atoms with Crippen molar-refractivity contribution in [3.63, 3.8) is 0 Å². The van der Waals surface area contributed by atoms with Crippen LogP contribution in [0.4, 0.5) is 4.79 Å². The van der Waals surface area contributed by atoms with E-state index in [0.717, 1.165) is 0 Å². The summed E-state index contributed by atoms with van der Waals surface area (Å²) in [5.41, 5.74) is -3.43. The summed E-state index contributed by atoms with van der Waals surface area (Å²) in [5.74, 6) is -0.131. The summed E-state index contributed by atoms with van der Waals surface area (Å²) in [6, 6.07) is 0. The number of allylic oxidation sites excluding steroid dienone is 1. The second-order valence-electron chi connectivity index (χ2n) is 9.45. The van der Waals surface area contributed by atoms with Gasteiger partial charge >= 0.3 is 6.09 Å². The lowest BCUT2D eigenvalue weighted by Crippen LogP contribution is -2.59. The Kier molecular flexibility index (Phi) is 3.77. The Hall–Kier alpha value is -1.66. The lowest BCUT2D eigenvalue weighted by Gasteiger charge is -2.48. The fourth-order valence-electron chi connectivity index (χ4n) is 6.14. The van der Waals surface area contributed by atoms with Crippen LogP contribution in [0.15, 0.2) is 24.8 Å². The molecular formula is C21H29NO5. The molecule has 1 spiro atoms. The topological polar surface area (TPSA) is 76.1 Å². The molecule has 2 bridgehead atoms. The lowest BCUT2D eigenvalue weighted by molar-refractivity contribution is -0.137. The monoisotopic (exact) mass is 375 g/mol. The quantitative estimate of drug-likeness (QED) is 0.751. The van der Waals surface area contributed by atoms with Gasteiger partial charge in [-0.3, -0.25) is 4.79 Å². The lowest BCUT2D eigenvalue weighted by atomic mass is 9.50. The van der Waals surface area contributed by atoms with Gasteiger partial charge in [-0.25, -0.2) is 9.69 Å². The third-order valence-corrected chi connectivity index (χ3v) is 7.16. The highest BCUT2D eigenvalue weighted by molar-refractivity contribution is 5.89. The Morgan fingerprint density at radius 1 is 1.52 bits per heavy atom. The summed E-state index contributed by atoms with van der Waals surface area (Å²) in [6.45, 7) is 11.3. The molecule has 148 valence electrons. The van der Waals surface area contributed by atoms with E-state index in [2.05, 4.69) is 6.58 Å². The Labute approximate surface area is 160 Å². The van der Waals surface area contributed by atoms with Gasteiger partial charge in [0, 0.05) is 17.8 Å². The summed E-state index contributed by atoms with van der Waals surface area (Å²) in [7, 11) is 0. The molecule has 2 unspecified atom stereocenters. The number of likely N-dealkylation sites (tertiary alicyclic amines) is 1. The molecule has 4 rings (SSSR count). The van der Waals surface area contributed by atoms with Crippen molar-refractivity contribution in [3.05, 3.63) is 24.8 Å². The summed E-state index contributed by atoms with van der Waals surface area (Å²) >= 11 is 0. The number of hydrogen-bond acceptors (Lipinski definition) is 5. The van der Waals surface area contributed by atoms with Crippen molar-refractivity contribution in [3.8, 4) is 0 Å². The van der Waals surface area contributed by atoms with Crippen molar-refractivity contribution in [1.82, 2.24) is 4.90 Å². The zero-order chi connectivity index (χ0) is 19.8. The molecule has 2 saturated heterocycles. The first-order chi connectivity index (χ1) is 12.5. The van der Waals surface area contributed by atoms with E-state index in [1.54, 1.807) is 26.8 Å². The predicted octanol–water partition coefficient (Wildman–Crippen LogP) is 3.16. The molecule has 3 heterocycles. The van der Waals surface area contributed by atoms with Crippen molar-refractivity contribution in [2.24, 2.45) is 16.7 Å². The second-order valence-corrected chi connectivity index (χ2v) is 9.45. The number of ether oxygens (including phenoxy) is 2. The largest absolute Gasteiger partial charge is 0.444 e. The average Bonchev–Trinajstić information content (AvgIpc) is 3.09. The van der Waals surface area contributed by atoms with Crippen LogP contribution in [0.1, 0.15) is 53.4 Å². The number of nitrogens with zero attached hydrogens (tertiary/aromatic N) is 1. The van der Waals surface area contributed by atoms with Gasteiger partial charge in [0.15, 0.2) is 5.72 Å². The van der Waals surface area contributed by atoms with Gasteiger partial charge in [-0.2, -0.15) is 0 Å². The molecule has 3 aliphatic heterocycles. The van der Waals surface area contributed by atoms with Crippen LogP contribution in [0.2, 0.25) is 0 Å². The number of ketones is 1. The van der Waals surface area contributed by atoms with Crippen LogP contribution in [0.5, 0.6) is 0 Å². The molecule has 6 heteroatoms. The number of carbonyl (C=O) groups is 2. The zero-order valence-corrected chi connectivity index (χ0v) is 16.5. The van der Waals surface area contributed by atoms with Gasteiger partial charge in [0.1, 0.15) is 17.6 Å². The third kappa shape index (κ3) is 1.98. The van der Waals surface area contributed by atoms with E-state index in [4.69, 9.17) is 9.47 Å². The molecule has 3 fully saturated rings. The minimum atomic E-state index is -1.17. The summed E-state index contributed by atoms with van der Waals surface area (Å²) in [6.07, 6.45) is 5.66. The van der Waals surface area contributed by atoms with E-state index in [1.165, 1.54) is 4.90 Å². The molecule has 6 atom stereocenters. The van der Waals surface area contributed by atoms with Crippen LogP contribution in [0.3, 0.4) is 0 Å². The minimum absolute atomic E-state index is 0.141. The normalized spacial score (nSPS) is 45.0. The van der Waals surface area contributed by atoms with E-state index in [0.29, 0.717) is 25.7 Å². The zero-order valence-electron chi connectivity index (χ0n) is 16.5. The fourth-order valence-corrected chi connectivity index (χ4v) is 6.14. The smallest absolute Gasteiger partial charge is 0.414 e. The highest BCUT2D eigenvalue weighted by Gasteiger charge is 2.84. The molecule has 0 radical (unpaired) electrons. The van der Waals surface area contributed by atoms with Crippen LogP contribution in [-0.4, -0.2) is 45.5 Å². The van der Waals surface area contributed by atoms with Crippen molar-refractivity contribution in [2.45, 2.75) is 77.0 Å². The van der Waals surface area contributed by atoms with Gasteiger partial charge in [-0.15, -0.1) is 6.58 Å². The second kappa shape index (κ2) is 5.45. The van der Waals surface area contributed by atoms with Crippen molar-refractivity contribution in [2.75, 3.05) is 0 Å². The summed E-state index contributed by atoms with van der Waals surface area (Å²) in [4.78, 5) is 27.8. The van der Waals surface area contributed by atoms with Crippen molar-refractivity contribution in [1.29, 1.82) is 0 Å². The van der Waals surface area contributed by atoms with Crippen LogP contribution < -0.4 is 0 Å². The molecule has 6 nitrogen and oxygen atoms in total. The van der Waals surface area contributed by atoms with Crippen molar-refractivity contribution < 1.29 is 24.2 Å². The van der Waals surface area contributed by atoms with E-state index in [1.807, 2.05) is 19.1 Å². The predicted molar refractivity (Wildman–Crippen MR) is 98.5 cm³/mol. The number of rotatable bonds is 2. The Bertz CT molecular complexity index is 739. The average molecular weight is 375 g/mol. The first-order valence-corrected chi connectivity index (χ1v) is 9.77. The summed E-state index contributed by atoms with van der Waals surface area (Å²) in [5, 5.41) is 11.2. The molecule has 4 aliphatic rings. The molecule has 1 N–H and O–H groups in total. The highest BCUT2D eigenvalue weighted by Crippen LogP contribution is 2.74. The van der Waals surface area contributed by atoms with Gasteiger partial charge in [-0.05, 0) is 46.1 Å². The first-order valence-electron chi connectivity index (χ1n) is 9.77. The third-order valence-electron chi connectivity index (χ3n) is 7.16. The molecule has 27 heavy (non-hydrogen) atoms. The maximum atomic E-state index is 13.4. The fraction of sp³-hybridized carbons (Fsp3) is 0.714. The van der Waals surface area contributed by atoms with Crippen molar-refractivity contribution >= 4 is 11.9 Å². The minimum Gasteiger partial charge on any atom is -0.444 e. The van der Waals surface area contributed by atoms with E-state index in [-0.39, 0.29) is 11.7 Å². The number of hydrogen-bond donors (Lipinski definition) is 1. The number of fused-ring (bicyclic) bond motifs is 2. The van der Waals surface area contributed by atoms with Crippen LogP contribution in [0, 0.1) is 16.7 Å². The Balaban J connectivity index is 1.90. The van der Waals surface area contributed by atoms with Gasteiger partial charge in [0.05, 0.1) is 11.5 Å². The number of aliphatic hydroxyl groups is 1. The van der Waals surface area contributed by atoms with Crippen LogP contribution in [0.25, 0.3) is 0 Å². The van der Waals surface area contributed by atoms with Gasteiger partial charge < -0.3 is 14.6 Å². The maximum Gasteiger partial charge on any atom is 0.414 e. The number of Topliss-reactive ketones (excluding diaryl/α,β-unsaturated/α-hetero) is 1. The van der Waals surface area contributed by atoms with E-state index >= 15 is 0 Å². The van der Waals surface area contributed by atoms with Crippen LogP contribution >= 0.6 is 0 Å². The molecular weight excluding hydrogens is 346 g/mol. The van der Waals surface area contributed by atoms with Crippen LogP contribution in [-0.2, 0) is 14.3 Å². The maximum absolute atomic E-state index is 13.4. The van der Waals surface area contributed by atoms with E-state index < -0.39 is 40.6 Å². The number of amides is 1. The Morgan fingerprint density at radius 3 is 2.85 bits per heavy atom. The van der Waals surface area contributed by atoms with Gasteiger partial charge in [0.2, 0.25) is 0 Å². The highest BCUT2D eigenvalue weighted by atomic mass is 16.6. The molecule has 1 aliphatic carbocycles. The molecule has 0 aromatic carbocycles. The van der Waals surface area contributed by atoms with Gasteiger partial charge in [0.25, 0.3) is 0 Å². The number of carbonyl (C=O) groups excluding carboxylic acids is 2. The van der Waals surface area contributed by atoms with E-state index in [9.17, 15) is 14.7 Å². The molecule has 0 aromatic rings. The molecule has 0 aromatic heterocycles. The standard InChI is InChI=1S/C21H29NO5/c1-6-11-20-14(23)9-7-8-13-16(24)22(17(25)27-18(2,3)4)21(19(13,20)5)12-10-15(20)26-21/h6,10,12-13,15-16,24H,1,7-9,11H2,2-5H3/t13?,15?,16-,19+,20+,21-/m1/s1. The first kappa shape index (κ1) is 18.7.